The number of benzene rings is 2. The topological polar surface area (TPSA) is 151 Å². The number of pyridine rings is 1. The number of amides is 2. The lowest BCUT2D eigenvalue weighted by molar-refractivity contribution is -0.119. The molecule has 0 aliphatic rings. The van der Waals surface area contributed by atoms with E-state index in [0.29, 0.717) is 23.1 Å². The minimum Gasteiger partial charge on any atom is -0.410 e. The molecule has 12 heteroatoms. The van der Waals surface area contributed by atoms with Gasteiger partial charge in [-0.1, -0.05) is 6.07 Å². The molecule has 0 spiro atoms. The maximum atomic E-state index is 13.5. The van der Waals surface area contributed by atoms with Crippen molar-refractivity contribution in [3.8, 4) is 17.1 Å². The van der Waals surface area contributed by atoms with Crippen LogP contribution in [0, 0.1) is 5.82 Å². The third kappa shape index (κ3) is 5.96. The summed E-state index contributed by atoms with van der Waals surface area (Å²) in [5.41, 5.74) is 8.45. The standard InChI is InChI=1S/C28H25FN8O3/c1-31-27-33-13-11-22(35-27)23-15-17-14-20(9-10-21(17)34-23)40-28(39)36-24(26(30)38)16-37(25-4-2-3-12-32-25)19-7-5-18(29)6-8-19/h2-15,24,34H,16H2,1H3,(H2,30,38)(H,36,39)(H,31,33,35). The monoisotopic (exact) mass is 540 g/mol. The molecule has 0 saturated carbocycles. The summed E-state index contributed by atoms with van der Waals surface area (Å²) in [7, 11) is 1.74. The second kappa shape index (κ2) is 11.5. The first-order valence-electron chi connectivity index (χ1n) is 12.3. The van der Waals surface area contributed by atoms with E-state index in [1.807, 2.05) is 6.07 Å². The highest BCUT2D eigenvalue weighted by Gasteiger charge is 2.24. The van der Waals surface area contributed by atoms with Gasteiger partial charge >= 0.3 is 6.09 Å². The first-order chi connectivity index (χ1) is 19.4. The fraction of sp³-hybridized carbons (Fsp3) is 0.107. The van der Waals surface area contributed by atoms with Gasteiger partial charge in [0.25, 0.3) is 0 Å². The minimum absolute atomic E-state index is 0.0686. The van der Waals surface area contributed by atoms with Crippen LogP contribution in [-0.4, -0.2) is 51.6 Å². The van der Waals surface area contributed by atoms with Gasteiger partial charge in [-0.2, -0.15) is 0 Å². The van der Waals surface area contributed by atoms with Crippen molar-refractivity contribution in [1.29, 1.82) is 0 Å². The van der Waals surface area contributed by atoms with E-state index in [9.17, 15) is 14.0 Å². The van der Waals surface area contributed by atoms with Gasteiger partial charge in [0.05, 0.1) is 17.9 Å². The predicted octanol–water partition coefficient (Wildman–Crippen LogP) is 3.98. The molecule has 1 atom stereocenters. The van der Waals surface area contributed by atoms with Gasteiger partial charge in [0.15, 0.2) is 0 Å². The van der Waals surface area contributed by atoms with Crippen LogP contribution in [0.3, 0.4) is 0 Å². The number of carbonyl (C=O) groups is 2. The van der Waals surface area contributed by atoms with Crippen LogP contribution >= 0.6 is 0 Å². The molecule has 0 radical (unpaired) electrons. The van der Waals surface area contributed by atoms with Crippen LogP contribution in [0.25, 0.3) is 22.3 Å². The summed E-state index contributed by atoms with van der Waals surface area (Å²) >= 11 is 0. The number of anilines is 3. The molecule has 0 fully saturated rings. The third-order valence-electron chi connectivity index (χ3n) is 6.02. The van der Waals surface area contributed by atoms with Crippen LogP contribution in [0.5, 0.6) is 5.75 Å². The smallest absolute Gasteiger partial charge is 0.410 e. The molecule has 5 N–H and O–H groups in total. The average Bonchev–Trinajstić information content (AvgIpc) is 3.40. The fourth-order valence-corrected chi connectivity index (χ4v) is 4.08. The Kier molecular flexibility index (Phi) is 7.49. The van der Waals surface area contributed by atoms with E-state index in [2.05, 4.69) is 30.6 Å². The number of rotatable bonds is 9. The lowest BCUT2D eigenvalue weighted by Crippen LogP contribution is -2.51. The zero-order valence-corrected chi connectivity index (χ0v) is 21.3. The van der Waals surface area contributed by atoms with Crippen molar-refractivity contribution in [3.63, 3.8) is 0 Å². The van der Waals surface area contributed by atoms with E-state index in [0.717, 1.165) is 16.6 Å². The first-order valence-corrected chi connectivity index (χ1v) is 12.3. The van der Waals surface area contributed by atoms with Gasteiger partial charge in [-0.15, -0.1) is 0 Å². The van der Waals surface area contributed by atoms with E-state index in [-0.39, 0.29) is 12.3 Å². The van der Waals surface area contributed by atoms with Gasteiger partial charge in [-0.05, 0) is 66.7 Å². The Bertz CT molecular complexity index is 1640. The van der Waals surface area contributed by atoms with Gasteiger partial charge in [-0.25, -0.2) is 24.1 Å². The van der Waals surface area contributed by atoms with E-state index >= 15 is 0 Å². The summed E-state index contributed by atoms with van der Waals surface area (Å²) in [6, 6.07) is 18.5. The lowest BCUT2D eigenvalue weighted by Gasteiger charge is -2.27. The number of halogens is 1. The van der Waals surface area contributed by atoms with Gasteiger partial charge in [0, 0.05) is 36.0 Å². The highest BCUT2D eigenvalue weighted by molar-refractivity contribution is 5.88. The molecule has 0 bridgehead atoms. The zero-order valence-electron chi connectivity index (χ0n) is 21.3. The van der Waals surface area contributed by atoms with Crippen molar-refractivity contribution in [1.82, 2.24) is 25.3 Å². The number of ether oxygens (including phenoxy) is 1. The Labute approximate surface area is 228 Å². The molecule has 3 heterocycles. The Hall–Kier alpha value is -5.52. The molecule has 5 aromatic rings. The van der Waals surface area contributed by atoms with E-state index < -0.39 is 23.9 Å². The third-order valence-corrected chi connectivity index (χ3v) is 6.02. The van der Waals surface area contributed by atoms with Crippen LogP contribution in [0.2, 0.25) is 0 Å². The number of carbonyl (C=O) groups excluding carboxylic acids is 2. The second-order valence-corrected chi connectivity index (χ2v) is 8.71. The van der Waals surface area contributed by atoms with Crippen molar-refractivity contribution in [2.75, 3.05) is 23.8 Å². The quantitative estimate of drug-likeness (QED) is 0.219. The number of primary amides is 1. The molecule has 2 aromatic carbocycles. The molecular formula is C28H25FN8O3. The minimum atomic E-state index is -1.15. The molecule has 1 unspecified atom stereocenters. The highest BCUT2D eigenvalue weighted by atomic mass is 19.1. The van der Waals surface area contributed by atoms with Gasteiger partial charge < -0.3 is 31.0 Å². The number of nitrogens with two attached hydrogens (primary N) is 1. The Morgan fingerprint density at radius 2 is 1.88 bits per heavy atom. The van der Waals surface area contributed by atoms with Crippen molar-refractivity contribution in [2.24, 2.45) is 5.73 Å². The normalized spacial score (nSPS) is 11.6. The van der Waals surface area contributed by atoms with Gasteiger partial charge in [0.1, 0.15) is 23.4 Å². The summed E-state index contributed by atoms with van der Waals surface area (Å²) in [4.78, 5) is 42.9. The molecule has 5 rings (SSSR count). The lowest BCUT2D eigenvalue weighted by atomic mass is 10.2. The number of hydrogen-bond donors (Lipinski definition) is 4. The molecule has 11 nitrogen and oxygen atoms in total. The number of hydrogen-bond acceptors (Lipinski definition) is 8. The first kappa shape index (κ1) is 26.1. The van der Waals surface area contributed by atoms with E-state index in [4.69, 9.17) is 10.5 Å². The molecule has 40 heavy (non-hydrogen) atoms. The zero-order chi connectivity index (χ0) is 28.1. The predicted molar refractivity (Wildman–Crippen MR) is 149 cm³/mol. The summed E-state index contributed by atoms with van der Waals surface area (Å²) in [5, 5.41) is 6.22. The maximum Gasteiger partial charge on any atom is 0.413 e. The highest BCUT2D eigenvalue weighted by Crippen LogP contribution is 2.27. The molecule has 3 aromatic heterocycles. The summed E-state index contributed by atoms with van der Waals surface area (Å²) < 4.78 is 19.0. The van der Waals surface area contributed by atoms with Gasteiger partial charge in [0.2, 0.25) is 11.9 Å². The Morgan fingerprint density at radius 1 is 1.05 bits per heavy atom. The molecule has 202 valence electrons. The summed E-state index contributed by atoms with van der Waals surface area (Å²) in [6.45, 7) is -0.0686. The number of fused-ring (bicyclic) bond motifs is 1. The number of aromatic nitrogens is 4. The fourth-order valence-electron chi connectivity index (χ4n) is 4.08. The molecular weight excluding hydrogens is 515 g/mol. The largest absolute Gasteiger partial charge is 0.413 e. The summed E-state index contributed by atoms with van der Waals surface area (Å²) in [5.74, 6) is 0.0369. The SMILES string of the molecule is CNc1nccc(-c2cc3cc(OC(=O)NC(CN(c4ccc(F)cc4)c4ccccn4)C(N)=O)ccc3[nH]2)n1. The van der Waals surface area contributed by atoms with Crippen LogP contribution in [0.4, 0.5) is 26.6 Å². The molecule has 2 amide bonds. The van der Waals surface area contributed by atoms with Crippen molar-refractivity contribution < 1.29 is 18.7 Å². The van der Waals surface area contributed by atoms with E-state index in [1.54, 1.807) is 78.9 Å². The average molecular weight is 541 g/mol. The summed E-state index contributed by atoms with van der Waals surface area (Å²) in [6.07, 6.45) is 2.37. The molecule has 0 saturated heterocycles. The van der Waals surface area contributed by atoms with Crippen LogP contribution in [-0.2, 0) is 4.79 Å². The van der Waals surface area contributed by atoms with Crippen LogP contribution in [0.15, 0.2) is 85.2 Å². The number of aromatic amines is 1. The number of H-pyrrole nitrogens is 1. The van der Waals surface area contributed by atoms with E-state index in [1.165, 1.54) is 12.1 Å². The van der Waals surface area contributed by atoms with Crippen molar-refractivity contribution in [3.05, 3.63) is 91.0 Å². The van der Waals surface area contributed by atoms with Crippen molar-refractivity contribution in [2.45, 2.75) is 6.04 Å². The Balaban J connectivity index is 1.32. The van der Waals surface area contributed by atoms with Gasteiger partial charge in [-0.3, -0.25) is 4.79 Å². The number of nitrogens with zero attached hydrogens (tertiary/aromatic N) is 4. The number of nitrogens with one attached hydrogen (secondary N) is 3. The maximum absolute atomic E-state index is 13.5. The van der Waals surface area contributed by atoms with Crippen LogP contribution in [0.1, 0.15) is 0 Å². The van der Waals surface area contributed by atoms with Crippen molar-refractivity contribution >= 4 is 40.4 Å². The second-order valence-electron chi connectivity index (χ2n) is 8.71. The molecule has 0 aliphatic heterocycles. The molecule has 0 aliphatic carbocycles. The Morgan fingerprint density at radius 3 is 2.60 bits per heavy atom. The van der Waals surface area contributed by atoms with Crippen LogP contribution < -0.4 is 26.0 Å².